The van der Waals surface area contributed by atoms with Crippen LogP contribution in [0.15, 0.2) is 71.7 Å². The van der Waals surface area contributed by atoms with Gasteiger partial charge in [-0.3, -0.25) is 48.7 Å². The van der Waals surface area contributed by atoms with E-state index in [1.165, 1.54) is 24.3 Å². The highest BCUT2D eigenvalue weighted by Crippen LogP contribution is 2.37. The second kappa shape index (κ2) is 24.1. The number of aromatic nitrogens is 1. The Bertz CT molecular complexity index is 2760. The molecule has 0 bridgehead atoms. The van der Waals surface area contributed by atoms with Crippen LogP contribution >= 0.6 is 0 Å². The number of carbonyl (C=O) groups is 6. The number of nitrogens with zero attached hydrogens (tertiary/aromatic N) is 3. The molecule has 3 aliphatic rings. The fourth-order valence-corrected chi connectivity index (χ4v) is 8.68. The number of piperidine rings is 1. The number of alkyl halides is 3. The molecule has 3 aliphatic heterocycles. The van der Waals surface area contributed by atoms with Crippen LogP contribution < -0.4 is 31.7 Å². The molecular formula is C50H56F4N8O11. The number of likely N-dealkylation sites (N-methyl/N-ethyl adjacent to an activating group) is 1. The van der Waals surface area contributed by atoms with E-state index in [1.54, 1.807) is 24.3 Å². The number of halogens is 4. The van der Waals surface area contributed by atoms with Crippen molar-refractivity contribution in [1.82, 2.24) is 25.4 Å². The lowest BCUT2D eigenvalue weighted by Gasteiger charge is -2.44. The van der Waals surface area contributed by atoms with Crippen molar-refractivity contribution < 1.29 is 65.3 Å². The summed E-state index contributed by atoms with van der Waals surface area (Å²) in [7, 11) is 1.98. The molecule has 3 atom stereocenters. The van der Waals surface area contributed by atoms with Gasteiger partial charge in [0.15, 0.2) is 0 Å². The van der Waals surface area contributed by atoms with Gasteiger partial charge in [0.25, 0.3) is 23.6 Å². The number of ether oxygens (including phenoxy) is 4. The molecule has 0 aliphatic carbocycles. The molecule has 1 aromatic heterocycles. The Labute approximate surface area is 416 Å². The van der Waals surface area contributed by atoms with Crippen molar-refractivity contribution in [3.8, 4) is 11.1 Å². The molecule has 390 valence electrons. The number of amides is 6. The Morgan fingerprint density at radius 2 is 1.41 bits per heavy atom. The van der Waals surface area contributed by atoms with E-state index in [0.29, 0.717) is 63.1 Å². The van der Waals surface area contributed by atoms with E-state index in [4.69, 9.17) is 18.9 Å². The number of aromatic amines is 1. The normalized spacial score (nSPS) is 18.2. The van der Waals surface area contributed by atoms with Gasteiger partial charge in [-0.05, 0) is 69.3 Å². The Morgan fingerprint density at radius 1 is 0.753 bits per heavy atom. The number of hydrogen-bond acceptors (Lipinski definition) is 14. The van der Waals surface area contributed by atoms with E-state index in [1.807, 2.05) is 25.8 Å². The van der Waals surface area contributed by atoms with Crippen LogP contribution in [0.4, 0.5) is 34.6 Å². The highest BCUT2D eigenvalue weighted by molar-refractivity contribution is 6.25. The van der Waals surface area contributed by atoms with E-state index in [-0.39, 0.29) is 98.0 Å². The second-order valence-corrected chi connectivity index (χ2v) is 17.6. The van der Waals surface area contributed by atoms with Crippen molar-refractivity contribution in [3.05, 3.63) is 111 Å². The molecule has 0 spiro atoms. The van der Waals surface area contributed by atoms with Crippen LogP contribution in [-0.2, 0) is 34.7 Å². The third kappa shape index (κ3) is 13.1. The molecule has 4 aromatic rings. The Balaban J connectivity index is 0.791. The van der Waals surface area contributed by atoms with Crippen molar-refractivity contribution in [2.45, 2.75) is 51.0 Å². The number of anilines is 3. The van der Waals surface area contributed by atoms with E-state index < -0.39 is 70.2 Å². The number of hydrogen-bond donors (Lipinski definition) is 5. The lowest BCUT2D eigenvalue weighted by atomic mass is 10.00. The summed E-state index contributed by atoms with van der Waals surface area (Å²) in [6.45, 7) is 7.62. The predicted octanol–water partition coefficient (Wildman–Crippen LogP) is 4.29. The number of carbonyl (C=O) groups excluding carboxylic acids is 6. The first-order chi connectivity index (χ1) is 34.9. The fraction of sp³-hybridized carbons (Fsp3) is 0.420. The van der Waals surface area contributed by atoms with Crippen molar-refractivity contribution in [1.29, 1.82) is 0 Å². The largest absolute Gasteiger partial charge is 0.417 e. The topological polar surface area (TPSA) is 230 Å². The minimum atomic E-state index is -4.99. The highest BCUT2D eigenvalue weighted by atomic mass is 19.4. The zero-order valence-corrected chi connectivity index (χ0v) is 40.3. The molecule has 7 rings (SSSR count). The predicted molar refractivity (Wildman–Crippen MR) is 258 cm³/mol. The minimum Gasteiger partial charge on any atom is -0.382 e. The summed E-state index contributed by atoms with van der Waals surface area (Å²) in [6.07, 6.45) is -4.19. The number of benzene rings is 3. The smallest absolute Gasteiger partial charge is 0.382 e. The third-order valence-corrected chi connectivity index (χ3v) is 12.6. The summed E-state index contributed by atoms with van der Waals surface area (Å²) in [5.74, 6) is -4.76. The summed E-state index contributed by atoms with van der Waals surface area (Å²) in [5.41, 5.74) is -1.45. The summed E-state index contributed by atoms with van der Waals surface area (Å²) in [4.78, 5) is 95.5. The molecule has 2 saturated heterocycles. The zero-order chi connectivity index (χ0) is 52.4. The fourth-order valence-electron chi connectivity index (χ4n) is 8.68. The van der Waals surface area contributed by atoms with Gasteiger partial charge in [0.2, 0.25) is 17.4 Å². The van der Waals surface area contributed by atoms with Gasteiger partial charge in [0.1, 0.15) is 11.9 Å². The summed E-state index contributed by atoms with van der Waals surface area (Å²) in [5, 5.41) is 10.5. The molecule has 3 aromatic carbocycles. The van der Waals surface area contributed by atoms with Crippen LogP contribution in [0.1, 0.15) is 73.7 Å². The maximum Gasteiger partial charge on any atom is 0.417 e. The molecule has 6 amide bonds. The molecule has 73 heavy (non-hydrogen) atoms. The minimum absolute atomic E-state index is 0.0296. The van der Waals surface area contributed by atoms with Crippen molar-refractivity contribution in [3.63, 3.8) is 0 Å². The maximum atomic E-state index is 15.7. The molecule has 19 nitrogen and oxygen atoms in total. The van der Waals surface area contributed by atoms with Gasteiger partial charge in [-0.15, -0.1) is 0 Å². The third-order valence-electron chi connectivity index (χ3n) is 12.6. The summed E-state index contributed by atoms with van der Waals surface area (Å²) >= 11 is 0. The van der Waals surface area contributed by atoms with E-state index in [9.17, 15) is 46.7 Å². The van der Waals surface area contributed by atoms with Gasteiger partial charge in [-0.25, -0.2) is 4.39 Å². The number of nitrogens with one attached hydrogen (secondary N) is 5. The van der Waals surface area contributed by atoms with Crippen molar-refractivity contribution in [2.75, 3.05) is 102 Å². The quantitative estimate of drug-likeness (QED) is 0.0421. The van der Waals surface area contributed by atoms with Gasteiger partial charge in [0.05, 0.1) is 86.5 Å². The van der Waals surface area contributed by atoms with Gasteiger partial charge >= 0.3 is 6.18 Å². The molecule has 0 saturated carbocycles. The number of rotatable bonds is 22. The van der Waals surface area contributed by atoms with Crippen LogP contribution in [0.2, 0.25) is 0 Å². The monoisotopic (exact) mass is 1020 g/mol. The maximum absolute atomic E-state index is 15.7. The zero-order valence-electron chi connectivity index (χ0n) is 40.3. The molecule has 2 fully saturated rings. The lowest BCUT2D eigenvalue weighted by molar-refractivity contribution is -0.138. The first-order valence-corrected chi connectivity index (χ1v) is 23.6. The lowest BCUT2D eigenvalue weighted by Crippen LogP contribution is -2.55. The number of pyridine rings is 1. The summed E-state index contributed by atoms with van der Waals surface area (Å²) < 4.78 is 79.6. The number of imide groups is 2. The average molecular weight is 1020 g/mol. The van der Waals surface area contributed by atoms with Crippen molar-refractivity contribution in [2.24, 2.45) is 0 Å². The summed E-state index contributed by atoms with van der Waals surface area (Å²) in [6, 6.07) is 12.9. The standard InChI is InChI=1S/C50H56F4N8O11/c1-29-27-61(28-30(2)60(29)3)40-10-8-31(24-39(40)58-46(66)35-26-57-43(64)25-36(35)50(52,53)54)33-9-7-32(23-37(33)51)45(65)56-14-16-71-18-20-73-22-21-72-19-17-70-15-13-55-38-6-4-5-34-44(38)49(69)62(48(34)68)41-11-12-42(63)59-47(41)67/h4-10,23-26,29-30,41,55H,11-22,27-28H2,1-3H3,(H,56,65)(H,57,64)(H,58,66)(H,59,63,67)/t29-,30+,41?. The van der Waals surface area contributed by atoms with Crippen LogP contribution in [0.25, 0.3) is 11.1 Å². The molecule has 1 unspecified atom stereocenters. The van der Waals surface area contributed by atoms with Crippen molar-refractivity contribution >= 4 is 52.5 Å². The van der Waals surface area contributed by atoms with Gasteiger partial charge in [-0.2, -0.15) is 13.2 Å². The van der Waals surface area contributed by atoms with Crippen LogP contribution in [0, 0.1) is 5.82 Å². The Kier molecular flexibility index (Phi) is 17.8. The first kappa shape index (κ1) is 53.7. The number of piperazine rings is 1. The van der Waals surface area contributed by atoms with E-state index in [2.05, 4.69) is 31.2 Å². The molecule has 4 heterocycles. The van der Waals surface area contributed by atoms with Crippen LogP contribution in [0.5, 0.6) is 0 Å². The molecule has 5 N–H and O–H groups in total. The number of fused-ring (bicyclic) bond motifs is 1. The molecular weight excluding hydrogens is 965 g/mol. The van der Waals surface area contributed by atoms with Crippen LogP contribution in [0.3, 0.4) is 0 Å². The number of H-pyrrole nitrogens is 1. The second-order valence-electron chi connectivity index (χ2n) is 17.6. The van der Waals surface area contributed by atoms with Gasteiger partial charge < -0.3 is 44.8 Å². The highest BCUT2D eigenvalue weighted by Gasteiger charge is 2.45. The first-order valence-electron chi connectivity index (χ1n) is 23.6. The van der Waals surface area contributed by atoms with Crippen LogP contribution in [-0.4, -0.2) is 154 Å². The Hall–Kier alpha value is -7.05. The molecule has 23 heteroatoms. The van der Waals surface area contributed by atoms with Gasteiger partial charge in [-0.1, -0.05) is 18.2 Å². The molecule has 0 radical (unpaired) electrons. The van der Waals surface area contributed by atoms with E-state index >= 15 is 4.39 Å². The van der Waals surface area contributed by atoms with Gasteiger partial charge in [0, 0.05) is 73.8 Å². The SMILES string of the molecule is C[C@@H]1CN(c2ccc(-c3ccc(C(=O)NCCOCCOCCOCCOCCNc4cccc5c4C(=O)N(C4CCC(=O)NC4=O)C5=O)cc3F)cc2NC(=O)c2c[nH]c(=O)cc2C(F)(F)F)C[C@H](C)N1C. The van der Waals surface area contributed by atoms with E-state index in [0.717, 1.165) is 11.0 Å². The average Bonchev–Trinajstić information content (AvgIpc) is 3.60. The Morgan fingerprint density at radius 3 is 2.05 bits per heavy atom.